The van der Waals surface area contributed by atoms with Crippen molar-refractivity contribution in [3.05, 3.63) is 16.3 Å². The number of hydrogen-bond acceptors (Lipinski definition) is 4. The third-order valence-corrected chi connectivity index (χ3v) is 2.53. The van der Waals surface area contributed by atoms with Crippen LogP contribution in [0.1, 0.15) is 16.6 Å². The summed E-state index contributed by atoms with van der Waals surface area (Å²) in [6.45, 7) is 2.31. The van der Waals surface area contributed by atoms with E-state index in [1.807, 2.05) is 12.3 Å². The standard InChI is InChI=1S/C9H14N2O2S/c1-6(10)5-11-9(12)8-7(13-2)3-4-14-8/h3-4,6H,5,10H2,1-2H3,(H,11,12). The molecule has 0 aliphatic rings. The lowest BCUT2D eigenvalue weighted by Crippen LogP contribution is -2.34. The molecule has 0 fully saturated rings. The van der Waals surface area contributed by atoms with E-state index < -0.39 is 0 Å². The highest BCUT2D eigenvalue weighted by molar-refractivity contribution is 7.12. The molecule has 0 aliphatic carbocycles. The van der Waals surface area contributed by atoms with Crippen molar-refractivity contribution in [3.8, 4) is 5.75 Å². The Morgan fingerprint density at radius 2 is 2.50 bits per heavy atom. The van der Waals surface area contributed by atoms with Crippen LogP contribution in [0.4, 0.5) is 0 Å². The summed E-state index contributed by atoms with van der Waals surface area (Å²) in [7, 11) is 1.55. The van der Waals surface area contributed by atoms with E-state index in [-0.39, 0.29) is 11.9 Å². The van der Waals surface area contributed by atoms with Crippen LogP contribution >= 0.6 is 11.3 Å². The molecular formula is C9H14N2O2S. The molecular weight excluding hydrogens is 200 g/mol. The minimum absolute atomic E-state index is 0.0371. The van der Waals surface area contributed by atoms with E-state index in [0.717, 1.165) is 0 Å². The number of hydrogen-bond donors (Lipinski definition) is 2. The Morgan fingerprint density at radius 1 is 1.79 bits per heavy atom. The van der Waals surface area contributed by atoms with Crippen LogP contribution in [0.3, 0.4) is 0 Å². The van der Waals surface area contributed by atoms with Crippen molar-refractivity contribution in [2.24, 2.45) is 5.73 Å². The second-order valence-electron chi connectivity index (χ2n) is 3.01. The van der Waals surface area contributed by atoms with Crippen LogP contribution < -0.4 is 15.8 Å². The molecule has 14 heavy (non-hydrogen) atoms. The molecule has 1 rings (SSSR count). The summed E-state index contributed by atoms with van der Waals surface area (Å²) in [6, 6.07) is 1.73. The first-order chi connectivity index (χ1) is 6.65. The second kappa shape index (κ2) is 4.97. The number of rotatable bonds is 4. The normalized spacial score (nSPS) is 12.2. The smallest absolute Gasteiger partial charge is 0.265 e. The van der Waals surface area contributed by atoms with E-state index in [0.29, 0.717) is 17.2 Å². The SMILES string of the molecule is COc1ccsc1C(=O)NCC(C)N. The van der Waals surface area contributed by atoms with E-state index in [9.17, 15) is 4.79 Å². The van der Waals surface area contributed by atoms with Gasteiger partial charge in [0.15, 0.2) is 0 Å². The topological polar surface area (TPSA) is 64.3 Å². The molecule has 0 saturated heterocycles. The zero-order chi connectivity index (χ0) is 10.6. The largest absolute Gasteiger partial charge is 0.495 e. The van der Waals surface area contributed by atoms with E-state index in [1.165, 1.54) is 11.3 Å². The number of nitrogens with two attached hydrogens (primary N) is 1. The fraction of sp³-hybridized carbons (Fsp3) is 0.444. The van der Waals surface area contributed by atoms with E-state index >= 15 is 0 Å². The number of amides is 1. The Balaban J connectivity index is 2.60. The first-order valence-corrected chi connectivity index (χ1v) is 5.18. The number of ether oxygens (including phenoxy) is 1. The third kappa shape index (κ3) is 2.71. The third-order valence-electron chi connectivity index (χ3n) is 1.64. The van der Waals surface area contributed by atoms with Crippen molar-refractivity contribution in [3.63, 3.8) is 0 Å². The molecule has 78 valence electrons. The molecule has 3 N–H and O–H groups in total. The van der Waals surface area contributed by atoms with Gasteiger partial charge in [-0.1, -0.05) is 0 Å². The summed E-state index contributed by atoms with van der Waals surface area (Å²) in [4.78, 5) is 12.1. The number of carbonyl (C=O) groups excluding carboxylic acids is 1. The van der Waals surface area contributed by atoms with Gasteiger partial charge in [0.25, 0.3) is 5.91 Å². The minimum Gasteiger partial charge on any atom is -0.495 e. The van der Waals surface area contributed by atoms with Crippen molar-refractivity contribution >= 4 is 17.2 Å². The van der Waals surface area contributed by atoms with Crippen molar-refractivity contribution in [2.75, 3.05) is 13.7 Å². The minimum atomic E-state index is -0.130. The van der Waals surface area contributed by atoms with Crippen molar-refractivity contribution in [1.82, 2.24) is 5.32 Å². The molecule has 1 aromatic rings. The van der Waals surface area contributed by atoms with Crippen LogP contribution in [-0.4, -0.2) is 25.6 Å². The van der Waals surface area contributed by atoms with Gasteiger partial charge >= 0.3 is 0 Å². The van der Waals surface area contributed by atoms with Gasteiger partial charge in [-0.25, -0.2) is 0 Å². The fourth-order valence-corrected chi connectivity index (χ4v) is 1.73. The summed E-state index contributed by atoms with van der Waals surface area (Å²) in [6.07, 6.45) is 0. The lowest BCUT2D eigenvalue weighted by Gasteiger charge is -2.07. The molecule has 1 amide bonds. The van der Waals surface area contributed by atoms with E-state index in [4.69, 9.17) is 10.5 Å². The maximum absolute atomic E-state index is 11.6. The molecule has 1 unspecified atom stereocenters. The van der Waals surface area contributed by atoms with Crippen LogP contribution in [0, 0.1) is 0 Å². The van der Waals surface area contributed by atoms with E-state index in [2.05, 4.69) is 5.32 Å². The number of thiophene rings is 1. The summed E-state index contributed by atoms with van der Waals surface area (Å²) in [5, 5.41) is 4.54. The van der Waals surface area contributed by atoms with E-state index in [1.54, 1.807) is 13.2 Å². The predicted molar refractivity (Wildman–Crippen MR) is 56.9 cm³/mol. The summed E-state index contributed by atoms with van der Waals surface area (Å²) >= 11 is 1.36. The summed E-state index contributed by atoms with van der Waals surface area (Å²) in [5.41, 5.74) is 5.52. The van der Waals surface area contributed by atoms with Gasteiger partial charge in [0, 0.05) is 12.6 Å². The Morgan fingerprint density at radius 3 is 3.07 bits per heavy atom. The molecule has 0 bridgehead atoms. The van der Waals surface area contributed by atoms with Gasteiger partial charge in [0.05, 0.1) is 7.11 Å². The highest BCUT2D eigenvalue weighted by Gasteiger charge is 2.13. The molecule has 0 radical (unpaired) electrons. The lowest BCUT2D eigenvalue weighted by molar-refractivity contribution is 0.0953. The van der Waals surface area contributed by atoms with Gasteiger partial charge in [0.1, 0.15) is 10.6 Å². The molecule has 1 atom stereocenters. The van der Waals surface area contributed by atoms with Crippen molar-refractivity contribution < 1.29 is 9.53 Å². The lowest BCUT2D eigenvalue weighted by atomic mass is 10.3. The molecule has 0 aromatic carbocycles. The monoisotopic (exact) mass is 214 g/mol. The first-order valence-electron chi connectivity index (χ1n) is 4.30. The number of carbonyl (C=O) groups is 1. The van der Waals surface area contributed by atoms with Crippen LogP contribution in [-0.2, 0) is 0 Å². The Bertz CT molecular complexity index is 310. The summed E-state index contributed by atoms with van der Waals surface area (Å²) in [5.74, 6) is 0.478. The van der Waals surface area contributed by atoms with Gasteiger partial charge in [-0.3, -0.25) is 4.79 Å². The van der Waals surface area contributed by atoms with Gasteiger partial charge in [0.2, 0.25) is 0 Å². The Labute approximate surface area is 87.1 Å². The Kier molecular flexibility index (Phi) is 3.91. The fourth-order valence-electron chi connectivity index (χ4n) is 0.958. The van der Waals surface area contributed by atoms with Crippen molar-refractivity contribution in [1.29, 1.82) is 0 Å². The quantitative estimate of drug-likeness (QED) is 0.780. The first kappa shape index (κ1) is 11.0. The van der Waals surface area contributed by atoms with Crippen LogP contribution in [0.2, 0.25) is 0 Å². The zero-order valence-electron chi connectivity index (χ0n) is 8.24. The van der Waals surface area contributed by atoms with Gasteiger partial charge in [-0.2, -0.15) is 0 Å². The summed E-state index contributed by atoms with van der Waals surface area (Å²) < 4.78 is 5.03. The molecule has 5 heteroatoms. The maximum atomic E-state index is 11.6. The molecule has 1 aromatic heterocycles. The highest BCUT2D eigenvalue weighted by Crippen LogP contribution is 2.23. The molecule has 4 nitrogen and oxygen atoms in total. The van der Waals surface area contributed by atoms with Gasteiger partial charge in [-0.15, -0.1) is 11.3 Å². The number of nitrogens with one attached hydrogen (secondary N) is 1. The van der Waals surface area contributed by atoms with Gasteiger partial charge < -0.3 is 15.8 Å². The zero-order valence-corrected chi connectivity index (χ0v) is 9.06. The Hall–Kier alpha value is -1.07. The van der Waals surface area contributed by atoms with Crippen LogP contribution in [0.15, 0.2) is 11.4 Å². The molecule has 0 spiro atoms. The van der Waals surface area contributed by atoms with Crippen LogP contribution in [0.25, 0.3) is 0 Å². The molecule has 0 aliphatic heterocycles. The second-order valence-corrected chi connectivity index (χ2v) is 3.92. The average Bonchev–Trinajstić information content (AvgIpc) is 2.61. The molecule has 1 heterocycles. The molecule has 0 saturated carbocycles. The van der Waals surface area contributed by atoms with Crippen LogP contribution in [0.5, 0.6) is 5.75 Å². The average molecular weight is 214 g/mol. The number of methoxy groups -OCH3 is 1. The predicted octanol–water partition coefficient (Wildman–Crippen LogP) is 0.834. The highest BCUT2D eigenvalue weighted by atomic mass is 32.1. The van der Waals surface area contributed by atoms with Gasteiger partial charge in [-0.05, 0) is 18.4 Å². The maximum Gasteiger partial charge on any atom is 0.265 e. The van der Waals surface area contributed by atoms with Crippen molar-refractivity contribution in [2.45, 2.75) is 13.0 Å².